The number of ether oxygens (including phenoxy) is 1. The lowest BCUT2D eigenvalue weighted by atomic mass is 10.3. The molecular weight excluding hydrogens is 230 g/mol. The molecule has 0 spiro atoms. The molecule has 1 aromatic heterocycles. The number of nitrogens with two attached hydrogens (primary N) is 1. The van der Waals surface area contributed by atoms with Gasteiger partial charge in [-0.2, -0.15) is 0 Å². The summed E-state index contributed by atoms with van der Waals surface area (Å²) in [6.07, 6.45) is 3.16. The summed E-state index contributed by atoms with van der Waals surface area (Å²) in [5, 5.41) is 3.14. The molecule has 94 valence electrons. The summed E-state index contributed by atoms with van der Waals surface area (Å²) >= 11 is 0. The van der Waals surface area contributed by atoms with Gasteiger partial charge in [0.2, 0.25) is 0 Å². The van der Waals surface area contributed by atoms with Gasteiger partial charge in [0.25, 0.3) is 0 Å². The fraction of sp³-hybridized carbons (Fsp3) is 0.167. The monoisotopic (exact) mass is 245 g/mol. The first-order valence-electron chi connectivity index (χ1n) is 5.61. The molecule has 0 aliphatic heterocycles. The van der Waals surface area contributed by atoms with Crippen molar-refractivity contribution in [2.45, 2.75) is 6.92 Å². The molecule has 0 saturated carbocycles. The molecular formula is C12H15N5O. The molecule has 6 nitrogen and oxygen atoms in total. The van der Waals surface area contributed by atoms with Crippen molar-refractivity contribution in [3.05, 3.63) is 36.7 Å². The topological polar surface area (TPSA) is 85.1 Å². The standard InChI is InChI=1S/C12H15N5O/c1-2-18-10-6-4-3-5-9(10)15-11-7-14-8-12(16-11)17-13/h3-8H,2,13H2,1H3,(H2,15,16,17). The van der Waals surface area contributed by atoms with Crippen LogP contribution in [0.15, 0.2) is 36.7 Å². The minimum Gasteiger partial charge on any atom is -0.492 e. The van der Waals surface area contributed by atoms with E-state index in [-0.39, 0.29) is 0 Å². The molecule has 0 atom stereocenters. The van der Waals surface area contributed by atoms with E-state index >= 15 is 0 Å². The molecule has 0 unspecified atom stereocenters. The van der Waals surface area contributed by atoms with Crippen LogP contribution in [0.1, 0.15) is 6.92 Å². The van der Waals surface area contributed by atoms with Crippen LogP contribution in [0.4, 0.5) is 17.3 Å². The van der Waals surface area contributed by atoms with E-state index in [1.54, 1.807) is 12.4 Å². The number of hydrogen-bond acceptors (Lipinski definition) is 6. The van der Waals surface area contributed by atoms with Gasteiger partial charge in [-0.1, -0.05) is 12.1 Å². The number of nitrogen functional groups attached to an aromatic ring is 1. The normalized spacial score (nSPS) is 9.89. The first-order valence-corrected chi connectivity index (χ1v) is 5.61. The summed E-state index contributed by atoms with van der Waals surface area (Å²) in [6.45, 7) is 2.55. The molecule has 0 bridgehead atoms. The first kappa shape index (κ1) is 12.1. The van der Waals surface area contributed by atoms with Gasteiger partial charge in [0, 0.05) is 0 Å². The second-order valence-corrected chi connectivity index (χ2v) is 3.49. The van der Waals surface area contributed by atoms with Crippen LogP contribution in [-0.4, -0.2) is 16.6 Å². The van der Waals surface area contributed by atoms with Crippen molar-refractivity contribution in [3.8, 4) is 5.75 Å². The number of rotatable bonds is 5. The van der Waals surface area contributed by atoms with Crippen LogP contribution in [-0.2, 0) is 0 Å². The van der Waals surface area contributed by atoms with Crippen LogP contribution in [0.2, 0.25) is 0 Å². The highest BCUT2D eigenvalue weighted by molar-refractivity contribution is 5.64. The van der Waals surface area contributed by atoms with E-state index in [2.05, 4.69) is 20.7 Å². The zero-order valence-electron chi connectivity index (χ0n) is 10.1. The van der Waals surface area contributed by atoms with Crippen molar-refractivity contribution >= 4 is 17.3 Å². The van der Waals surface area contributed by atoms with Crippen LogP contribution in [0.3, 0.4) is 0 Å². The Morgan fingerprint density at radius 1 is 1.22 bits per heavy atom. The Labute approximate surface area is 105 Å². The molecule has 0 fully saturated rings. The van der Waals surface area contributed by atoms with E-state index in [0.29, 0.717) is 18.2 Å². The van der Waals surface area contributed by atoms with E-state index in [0.717, 1.165) is 11.4 Å². The number of benzene rings is 1. The number of nitrogens with one attached hydrogen (secondary N) is 2. The largest absolute Gasteiger partial charge is 0.492 e. The molecule has 1 aromatic carbocycles. The number of hydrogen-bond donors (Lipinski definition) is 3. The van der Waals surface area contributed by atoms with E-state index < -0.39 is 0 Å². The van der Waals surface area contributed by atoms with Crippen molar-refractivity contribution < 1.29 is 4.74 Å². The second-order valence-electron chi connectivity index (χ2n) is 3.49. The van der Waals surface area contributed by atoms with Gasteiger partial charge in [-0.25, -0.2) is 10.8 Å². The summed E-state index contributed by atoms with van der Waals surface area (Å²) in [5.41, 5.74) is 3.28. The maximum absolute atomic E-state index is 5.51. The minimum absolute atomic E-state index is 0.494. The lowest BCUT2D eigenvalue weighted by Gasteiger charge is -2.11. The Bertz CT molecular complexity index is 517. The summed E-state index contributed by atoms with van der Waals surface area (Å²) in [4.78, 5) is 8.24. The molecule has 0 aliphatic rings. The third kappa shape index (κ3) is 2.86. The Balaban J connectivity index is 2.22. The Kier molecular flexibility index (Phi) is 3.93. The van der Waals surface area contributed by atoms with Crippen LogP contribution in [0.5, 0.6) is 5.75 Å². The predicted octanol–water partition coefficient (Wildman–Crippen LogP) is 1.90. The van der Waals surface area contributed by atoms with Crippen molar-refractivity contribution in [2.24, 2.45) is 5.84 Å². The molecule has 1 heterocycles. The lowest BCUT2D eigenvalue weighted by Crippen LogP contribution is -2.09. The molecule has 2 rings (SSSR count). The molecule has 4 N–H and O–H groups in total. The highest BCUT2D eigenvalue weighted by atomic mass is 16.5. The van der Waals surface area contributed by atoms with Gasteiger partial charge in [-0.3, -0.25) is 4.98 Å². The number of anilines is 3. The molecule has 0 amide bonds. The maximum Gasteiger partial charge on any atom is 0.160 e. The molecule has 18 heavy (non-hydrogen) atoms. The first-order chi connectivity index (χ1) is 8.83. The SMILES string of the molecule is CCOc1ccccc1Nc1cncc(NN)n1. The van der Waals surface area contributed by atoms with Crippen molar-refractivity contribution in [2.75, 3.05) is 17.3 Å². The van der Waals surface area contributed by atoms with E-state index in [9.17, 15) is 0 Å². The molecule has 2 aromatic rings. The van der Waals surface area contributed by atoms with E-state index in [4.69, 9.17) is 10.6 Å². The summed E-state index contributed by atoms with van der Waals surface area (Å²) in [5.74, 6) is 7.15. The van der Waals surface area contributed by atoms with Crippen LogP contribution in [0.25, 0.3) is 0 Å². The Morgan fingerprint density at radius 2 is 2.00 bits per heavy atom. The van der Waals surface area contributed by atoms with Gasteiger partial charge in [0.15, 0.2) is 11.6 Å². The maximum atomic E-state index is 5.51. The van der Waals surface area contributed by atoms with Crippen molar-refractivity contribution in [3.63, 3.8) is 0 Å². The number of nitrogens with zero attached hydrogens (tertiary/aromatic N) is 2. The lowest BCUT2D eigenvalue weighted by molar-refractivity contribution is 0.342. The molecule has 6 heteroatoms. The highest BCUT2D eigenvalue weighted by Gasteiger charge is 2.04. The van der Waals surface area contributed by atoms with Gasteiger partial charge < -0.3 is 15.5 Å². The number of aromatic nitrogens is 2. The van der Waals surface area contributed by atoms with Gasteiger partial charge >= 0.3 is 0 Å². The van der Waals surface area contributed by atoms with Crippen molar-refractivity contribution in [1.29, 1.82) is 0 Å². The van der Waals surface area contributed by atoms with Crippen molar-refractivity contribution in [1.82, 2.24) is 9.97 Å². The zero-order valence-corrected chi connectivity index (χ0v) is 10.1. The summed E-state index contributed by atoms with van der Waals surface area (Å²) in [7, 11) is 0. The summed E-state index contributed by atoms with van der Waals surface area (Å²) in [6, 6.07) is 7.64. The average molecular weight is 245 g/mol. The number of hydrazine groups is 1. The predicted molar refractivity (Wildman–Crippen MR) is 70.7 cm³/mol. The molecule has 0 saturated heterocycles. The minimum atomic E-state index is 0.494. The quantitative estimate of drug-likeness (QED) is 0.551. The Morgan fingerprint density at radius 3 is 2.78 bits per heavy atom. The van der Waals surface area contributed by atoms with Gasteiger partial charge in [0.05, 0.1) is 24.7 Å². The van der Waals surface area contributed by atoms with Crippen LogP contribution >= 0.6 is 0 Å². The molecule has 0 radical (unpaired) electrons. The fourth-order valence-electron chi connectivity index (χ4n) is 1.48. The van der Waals surface area contributed by atoms with Gasteiger partial charge in [0.1, 0.15) is 5.75 Å². The smallest absolute Gasteiger partial charge is 0.160 e. The third-order valence-corrected chi connectivity index (χ3v) is 2.23. The van der Waals surface area contributed by atoms with Crippen LogP contribution in [0, 0.1) is 0 Å². The third-order valence-electron chi connectivity index (χ3n) is 2.23. The van der Waals surface area contributed by atoms with E-state index in [1.165, 1.54) is 0 Å². The van der Waals surface area contributed by atoms with Gasteiger partial charge in [-0.05, 0) is 19.1 Å². The average Bonchev–Trinajstić information content (AvgIpc) is 2.41. The zero-order chi connectivity index (χ0) is 12.8. The number of para-hydroxylation sites is 2. The van der Waals surface area contributed by atoms with Gasteiger partial charge in [-0.15, -0.1) is 0 Å². The fourth-order valence-corrected chi connectivity index (χ4v) is 1.48. The van der Waals surface area contributed by atoms with Crippen LogP contribution < -0.4 is 21.3 Å². The van der Waals surface area contributed by atoms with E-state index in [1.807, 2.05) is 31.2 Å². The summed E-state index contributed by atoms with van der Waals surface area (Å²) < 4.78 is 5.51. The Hall–Kier alpha value is -2.34. The second kappa shape index (κ2) is 5.83. The molecule has 0 aliphatic carbocycles. The highest BCUT2D eigenvalue weighted by Crippen LogP contribution is 2.26.